The minimum Gasteiger partial charge on any atom is -0.481 e. The van der Waals surface area contributed by atoms with E-state index in [4.69, 9.17) is 5.11 Å². The number of hydrogen-bond donors (Lipinski definition) is 3. The number of nitrogens with zero attached hydrogens (tertiary/aromatic N) is 1. The van der Waals surface area contributed by atoms with Gasteiger partial charge in [0.2, 0.25) is 5.91 Å². The van der Waals surface area contributed by atoms with Gasteiger partial charge in [-0.05, 0) is 18.6 Å². The lowest BCUT2D eigenvalue weighted by atomic mass is 10.1. The molecule has 0 aliphatic carbocycles. The minimum atomic E-state index is -1.02. The number of carbonyl (C=O) groups excluding carboxylic acids is 1. The summed E-state index contributed by atoms with van der Waals surface area (Å²) in [6.45, 7) is 1.91. The lowest BCUT2D eigenvalue weighted by molar-refractivity contribution is -0.138. The zero-order valence-corrected chi connectivity index (χ0v) is 12.6. The number of amides is 1. The van der Waals surface area contributed by atoms with Crippen LogP contribution in [-0.2, 0) is 16.0 Å². The molecule has 1 heterocycles. The van der Waals surface area contributed by atoms with Gasteiger partial charge in [-0.1, -0.05) is 19.1 Å². The standard InChI is InChI=1S/C16H17N3O4/c1-2-11-9-14(21)19-16(18-11)10-4-3-5-12(8-10)17-13(20)6-7-15(22)23/h3-5,8-9H,2,6-7H2,1H3,(H,17,20)(H,22,23)(H,18,19,21). The Balaban J connectivity index is 2.20. The third-order valence-electron chi connectivity index (χ3n) is 3.14. The first kappa shape index (κ1) is 16.4. The molecule has 0 saturated carbocycles. The van der Waals surface area contributed by atoms with Crippen LogP contribution in [0, 0.1) is 0 Å². The summed E-state index contributed by atoms with van der Waals surface area (Å²) in [6, 6.07) is 8.30. The van der Waals surface area contributed by atoms with E-state index in [1.807, 2.05) is 6.92 Å². The fraction of sp³-hybridized carbons (Fsp3) is 0.250. The van der Waals surface area contributed by atoms with Crippen molar-refractivity contribution in [1.29, 1.82) is 0 Å². The van der Waals surface area contributed by atoms with Gasteiger partial charge in [-0.15, -0.1) is 0 Å². The number of rotatable bonds is 6. The van der Waals surface area contributed by atoms with Crippen LogP contribution < -0.4 is 10.9 Å². The van der Waals surface area contributed by atoms with Gasteiger partial charge >= 0.3 is 5.97 Å². The molecule has 23 heavy (non-hydrogen) atoms. The van der Waals surface area contributed by atoms with E-state index in [-0.39, 0.29) is 24.3 Å². The number of hydrogen-bond acceptors (Lipinski definition) is 4. The maximum Gasteiger partial charge on any atom is 0.303 e. The van der Waals surface area contributed by atoms with Crippen LogP contribution in [0.1, 0.15) is 25.5 Å². The molecule has 2 rings (SSSR count). The summed E-state index contributed by atoms with van der Waals surface area (Å²) >= 11 is 0. The van der Waals surface area contributed by atoms with Crippen molar-refractivity contribution < 1.29 is 14.7 Å². The number of aliphatic carboxylic acids is 1. The Labute approximate surface area is 132 Å². The van der Waals surface area contributed by atoms with E-state index in [0.29, 0.717) is 29.2 Å². The van der Waals surface area contributed by atoms with Gasteiger partial charge in [0.15, 0.2) is 0 Å². The molecular weight excluding hydrogens is 298 g/mol. The number of aromatic nitrogens is 2. The summed E-state index contributed by atoms with van der Waals surface area (Å²) < 4.78 is 0. The van der Waals surface area contributed by atoms with Gasteiger partial charge in [0.05, 0.1) is 6.42 Å². The van der Waals surface area contributed by atoms with E-state index in [2.05, 4.69) is 15.3 Å². The van der Waals surface area contributed by atoms with E-state index < -0.39 is 5.97 Å². The summed E-state index contributed by atoms with van der Waals surface area (Å²) in [6.07, 6.45) is 0.321. The highest BCUT2D eigenvalue weighted by Crippen LogP contribution is 2.19. The average molecular weight is 315 g/mol. The topological polar surface area (TPSA) is 112 Å². The number of carboxylic acid groups (broad SMARTS) is 1. The lowest BCUT2D eigenvalue weighted by Crippen LogP contribution is -2.13. The average Bonchev–Trinajstić information content (AvgIpc) is 2.52. The molecule has 0 aliphatic heterocycles. The molecular formula is C16H17N3O4. The van der Waals surface area contributed by atoms with Gasteiger partial charge in [0, 0.05) is 29.4 Å². The molecule has 2 aromatic rings. The summed E-state index contributed by atoms with van der Waals surface area (Å²) in [5.41, 5.74) is 1.62. The zero-order chi connectivity index (χ0) is 16.8. The van der Waals surface area contributed by atoms with E-state index >= 15 is 0 Å². The third-order valence-corrected chi connectivity index (χ3v) is 3.14. The third kappa shape index (κ3) is 4.77. The van der Waals surface area contributed by atoms with Crippen LogP contribution in [-0.4, -0.2) is 27.0 Å². The van der Waals surface area contributed by atoms with Gasteiger partial charge in [-0.25, -0.2) is 4.98 Å². The van der Waals surface area contributed by atoms with Crippen molar-refractivity contribution in [2.24, 2.45) is 0 Å². The molecule has 0 atom stereocenters. The molecule has 0 saturated heterocycles. The quantitative estimate of drug-likeness (QED) is 0.752. The van der Waals surface area contributed by atoms with E-state index in [1.165, 1.54) is 6.07 Å². The first-order valence-corrected chi connectivity index (χ1v) is 7.20. The van der Waals surface area contributed by atoms with Gasteiger partial charge in [-0.2, -0.15) is 0 Å². The highest BCUT2D eigenvalue weighted by molar-refractivity contribution is 5.92. The second-order valence-electron chi connectivity index (χ2n) is 4.96. The summed E-state index contributed by atoms with van der Waals surface area (Å²) in [5, 5.41) is 11.2. The van der Waals surface area contributed by atoms with Gasteiger partial charge in [0.25, 0.3) is 5.56 Å². The van der Waals surface area contributed by atoms with Crippen LogP contribution in [0.2, 0.25) is 0 Å². The number of benzene rings is 1. The fourth-order valence-corrected chi connectivity index (χ4v) is 2.01. The van der Waals surface area contributed by atoms with Crippen molar-refractivity contribution in [1.82, 2.24) is 9.97 Å². The van der Waals surface area contributed by atoms with Crippen molar-refractivity contribution in [2.75, 3.05) is 5.32 Å². The zero-order valence-electron chi connectivity index (χ0n) is 12.6. The van der Waals surface area contributed by atoms with E-state index in [0.717, 1.165) is 0 Å². The Morgan fingerprint density at radius 2 is 2.04 bits per heavy atom. The minimum absolute atomic E-state index is 0.0973. The smallest absolute Gasteiger partial charge is 0.303 e. The van der Waals surface area contributed by atoms with E-state index in [1.54, 1.807) is 24.3 Å². The Kier molecular flexibility index (Phi) is 5.24. The maximum atomic E-state index is 11.7. The summed E-state index contributed by atoms with van der Waals surface area (Å²) in [7, 11) is 0. The monoisotopic (exact) mass is 315 g/mol. The number of H-pyrrole nitrogens is 1. The highest BCUT2D eigenvalue weighted by Gasteiger charge is 2.08. The van der Waals surface area contributed by atoms with Gasteiger partial charge < -0.3 is 15.4 Å². The van der Waals surface area contributed by atoms with Crippen LogP contribution >= 0.6 is 0 Å². The Hall–Kier alpha value is -2.96. The normalized spacial score (nSPS) is 10.3. The molecule has 0 radical (unpaired) electrons. The predicted octanol–water partition coefficient (Wildman–Crippen LogP) is 1.80. The predicted molar refractivity (Wildman–Crippen MR) is 85.2 cm³/mol. The molecule has 7 heteroatoms. The molecule has 3 N–H and O–H groups in total. The number of aromatic amines is 1. The number of carboxylic acids is 1. The second-order valence-corrected chi connectivity index (χ2v) is 4.96. The van der Waals surface area contributed by atoms with Crippen LogP contribution in [0.5, 0.6) is 0 Å². The van der Waals surface area contributed by atoms with Crippen LogP contribution in [0.25, 0.3) is 11.4 Å². The molecule has 120 valence electrons. The highest BCUT2D eigenvalue weighted by atomic mass is 16.4. The molecule has 0 spiro atoms. The molecule has 0 aliphatic rings. The van der Waals surface area contributed by atoms with Crippen molar-refractivity contribution in [3.63, 3.8) is 0 Å². The largest absolute Gasteiger partial charge is 0.481 e. The molecule has 0 fully saturated rings. The van der Waals surface area contributed by atoms with Crippen LogP contribution in [0.3, 0.4) is 0 Å². The SMILES string of the molecule is CCc1cc(=O)[nH]c(-c2cccc(NC(=O)CCC(=O)O)c2)n1. The number of aryl methyl sites for hydroxylation is 1. The van der Waals surface area contributed by atoms with Crippen LogP contribution in [0.4, 0.5) is 5.69 Å². The summed E-state index contributed by atoms with van der Waals surface area (Å²) in [5.74, 6) is -0.976. The summed E-state index contributed by atoms with van der Waals surface area (Å²) in [4.78, 5) is 40.8. The molecule has 0 unspecified atom stereocenters. The number of carbonyl (C=O) groups is 2. The molecule has 1 amide bonds. The Morgan fingerprint density at radius 1 is 1.26 bits per heavy atom. The Morgan fingerprint density at radius 3 is 2.74 bits per heavy atom. The van der Waals surface area contributed by atoms with E-state index in [9.17, 15) is 14.4 Å². The van der Waals surface area contributed by atoms with Gasteiger partial charge in [0.1, 0.15) is 5.82 Å². The number of anilines is 1. The first-order chi connectivity index (χ1) is 11.0. The van der Waals surface area contributed by atoms with Crippen molar-refractivity contribution >= 4 is 17.6 Å². The molecule has 1 aromatic carbocycles. The fourth-order valence-electron chi connectivity index (χ4n) is 2.01. The molecule has 7 nitrogen and oxygen atoms in total. The van der Waals surface area contributed by atoms with Crippen molar-refractivity contribution in [3.05, 3.63) is 46.4 Å². The molecule has 1 aromatic heterocycles. The molecule has 0 bridgehead atoms. The second kappa shape index (κ2) is 7.35. The van der Waals surface area contributed by atoms with Crippen LogP contribution in [0.15, 0.2) is 35.1 Å². The maximum absolute atomic E-state index is 11.7. The Bertz CT molecular complexity index is 783. The van der Waals surface area contributed by atoms with Crippen molar-refractivity contribution in [2.45, 2.75) is 26.2 Å². The van der Waals surface area contributed by atoms with Gasteiger partial charge in [-0.3, -0.25) is 14.4 Å². The van der Waals surface area contributed by atoms with Crippen molar-refractivity contribution in [3.8, 4) is 11.4 Å². The number of nitrogens with one attached hydrogen (secondary N) is 2. The lowest BCUT2D eigenvalue weighted by Gasteiger charge is -2.07. The first-order valence-electron chi connectivity index (χ1n) is 7.20.